The van der Waals surface area contributed by atoms with Gasteiger partial charge in [-0.15, -0.1) is 0 Å². The number of fused-ring (bicyclic) bond motifs is 6. The van der Waals surface area contributed by atoms with Crippen LogP contribution >= 0.6 is 0 Å². The second kappa shape index (κ2) is 7.89. The van der Waals surface area contributed by atoms with Crippen LogP contribution in [0.3, 0.4) is 0 Å². The average molecular weight is 431 g/mol. The molecule has 4 heteroatoms. The Kier molecular flexibility index (Phi) is 4.72. The predicted octanol–water partition coefficient (Wildman–Crippen LogP) is 5.69. The Morgan fingerprint density at radius 2 is 0.939 bits per heavy atom. The first-order chi connectivity index (χ1) is 16.2. The van der Waals surface area contributed by atoms with E-state index in [0.717, 1.165) is 28.7 Å². The number of pyridine rings is 2. The Bertz CT molecular complexity index is 1250. The summed E-state index contributed by atoms with van der Waals surface area (Å²) in [5, 5.41) is 0. The maximum Gasteiger partial charge on any atom is 0.189 e. The lowest BCUT2D eigenvalue weighted by Crippen LogP contribution is -2.37. The highest BCUT2D eigenvalue weighted by molar-refractivity contribution is 6.03. The molecular weight excluding hydrogens is 408 g/mol. The number of Topliss-reactive ketones (excluding diaryl/α,β-unsaturated/α-hetero) is 2. The quantitative estimate of drug-likeness (QED) is 0.390. The highest BCUT2D eigenvalue weighted by Gasteiger charge is 2.49. The molecular formula is C29H22N2O2. The Balaban J connectivity index is 1.54. The van der Waals surface area contributed by atoms with E-state index in [4.69, 9.17) is 0 Å². The zero-order valence-electron chi connectivity index (χ0n) is 18.0. The zero-order valence-corrected chi connectivity index (χ0v) is 18.0. The second-order valence-corrected chi connectivity index (χ2v) is 8.82. The number of nitrogens with zero attached hydrogens (tertiary/aromatic N) is 2. The van der Waals surface area contributed by atoms with E-state index in [1.807, 2.05) is 48.5 Å². The van der Waals surface area contributed by atoms with Crippen LogP contribution in [-0.2, 0) is 0 Å². The molecule has 4 nitrogen and oxygen atoms in total. The van der Waals surface area contributed by atoms with Gasteiger partial charge in [0.2, 0.25) is 0 Å². The lowest BCUT2D eigenvalue weighted by molar-refractivity contribution is 0.0903. The summed E-state index contributed by atoms with van der Waals surface area (Å²) < 4.78 is 0. The normalized spacial score (nSPS) is 22.7. The van der Waals surface area contributed by atoms with Crippen molar-refractivity contribution in [3.05, 3.63) is 131 Å². The highest BCUT2D eigenvalue weighted by atomic mass is 16.1. The molecule has 2 aliphatic carbocycles. The fourth-order valence-corrected chi connectivity index (χ4v) is 5.84. The molecule has 6 rings (SSSR count). The molecule has 0 aliphatic heterocycles. The fourth-order valence-electron chi connectivity index (χ4n) is 5.84. The van der Waals surface area contributed by atoms with Crippen LogP contribution in [-0.4, -0.2) is 21.5 Å². The molecule has 4 aromatic rings. The fraction of sp³-hybridized carbons (Fsp3) is 0.172. The maximum absolute atomic E-state index is 13.8. The SMILES string of the molecule is O=C(c1ccccn1)[C@H]1c2ccccc2[C@@H]2C[C@H]1c1ccccc1[C@@H]2C(=O)c1ccccn1. The van der Waals surface area contributed by atoms with Crippen LogP contribution in [0.1, 0.15) is 73.3 Å². The summed E-state index contributed by atoms with van der Waals surface area (Å²) in [4.78, 5) is 36.3. The molecule has 0 N–H and O–H groups in total. The average Bonchev–Trinajstić information content (AvgIpc) is 2.89. The van der Waals surface area contributed by atoms with E-state index in [1.165, 1.54) is 0 Å². The molecule has 2 bridgehead atoms. The van der Waals surface area contributed by atoms with Crippen LogP contribution in [0, 0.1) is 0 Å². The predicted molar refractivity (Wildman–Crippen MR) is 126 cm³/mol. The van der Waals surface area contributed by atoms with Crippen LogP contribution in [0.25, 0.3) is 0 Å². The minimum Gasteiger partial charge on any atom is -0.292 e. The van der Waals surface area contributed by atoms with Gasteiger partial charge in [-0.25, -0.2) is 0 Å². The first kappa shape index (κ1) is 19.7. The topological polar surface area (TPSA) is 59.9 Å². The van der Waals surface area contributed by atoms with E-state index in [-0.39, 0.29) is 35.2 Å². The summed E-state index contributed by atoms with van der Waals surface area (Å²) >= 11 is 0. The summed E-state index contributed by atoms with van der Waals surface area (Å²) in [5.41, 5.74) is 5.18. The third-order valence-corrected chi connectivity index (χ3v) is 7.17. The van der Waals surface area contributed by atoms with Crippen molar-refractivity contribution >= 4 is 11.6 Å². The number of carbonyl (C=O) groups is 2. The lowest BCUT2D eigenvalue weighted by atomic mass is 9.56. The summed E-state index contributed by atoms with van der Waals surface area (Å²) in [6.45, 7) is 0. The number of carbonyl (C=O) groups excluding carboxylic acids is 2. The molecule has 0 unspecified atom stereocenters. The van der Waals surface area contributed by atoms with Crippen molar-refractivity contribution in [1.82, 2.24) is 9.97 Å². The smallest absolute Gasteiger partial charge is 0.189 e. The molecule has 0 spiro atoms. The van der Waals surface area contributed by atoms with Gasteiger partial charge in [0.1, 0.15) is 11.4 Å². The van der Waals surface area contributed by atoms with Gasteiger partial charge in [0.15, 0.2) is 11.6 Å². The molecule has 4 atom stereocenters. The summed E-state index contributed by atoms with van der Waals surface area (Å²) in [5.74, 6) is -0.558. The van der Waals surface area contributed by atoms with Crippen molar-refractivity contribution in [2.24, 2.45) is 0 Å². The van der Waals surface area contributed by atoms with Crippen LogP contribution in [0.15, 0.2) is 97.3 Å². The molecule has 0 saturated heterocycles. The van der Waals surface area contributed by atoms with Gasteiger partial charge in [-0.1, -0.05) is 60.7 Å². The number of ketones is 2. The number of hydrogen-bond acceptors (Lipinski definition) is 4. The van der Waals surface area contributed by atoms with Gasteiger partial charge in [-0.2, -0.15) is 0 Å². The summed E-state index contributed by atoms with van der Waals surface area (Å²) in [6.07, 6.45) is 4.09. The lowest BCUT2D eigenvalue weighted by Gasteiger charge is -2.45. The highest BCUT2D eigenvalue weighted by Crippen LogP contribution is 2.58. The van der Waals surface area contributed by atoms with Crippen molar-refractivity contribution < 1.29 is 9.59 Å². The van der Waals surface area contributed by atoms with Gasteiger partial charge in [-0.05, 0) is 64.8 Å². The maximum atomic E-state index is 13.8. The van der Waals surface area contributed by atoms with E-state index < -0.39 is 0 Å². The van der Waals surface area contributed by atoms with Crippen LogP contribution in [0.5, 0.6) is 0 Å². The van der Waals surface area contributed by atoms with Gasteiger partial charge >= 0.3 is 0 Å². The van der Waals surface area contributed by atoms with Crippen molar-refractivity contribution in [1.29, 1.82) is 0 Å². The largest absolute Gasteiger partial charge is 0.292 e. The zero-order chi connectivity index (χ0) is 22.4. The number of rotatable bonds is 4. The Labute approximate surface area is 192 Å². The third kappa shape index (κ3) is 3.13. The van der Waals surface area contributed by atoms with Gasteiger partial charge in [0.25, 0.3) is 0 Å². The van der Waals surface area contributed by atoms with E-state index in [1.54, 1.807) is 24.5 Å². The molecule has 2 aliphatic rings. The van der Waals surface area contributed by atoms with E-state index in [2.05, 4.69) is 34.2 Å². The van der Waals surface area contributed by atoms with Crippen LogP contribution in [0.4, 0.5) is 0 Å². The summed E-state index contributed by atoms with van der Waals surface area (Å²) in [6, 6.07) is 27.2. The Hall–Kier alpha value is -3.92. The van der Waals surface area contributed by atoms with Crippen molar-refractivity contribution in [2.45, 2.75) is 30.1 Å². The Morgan fingerprint density at radius 3 is 1.33 bits per heavy atom. The number of benzene rings is 2. The molecule has 2 aromatic heterocycles. The minimum atomic E-state index is -0.320. The molecule has 2 aromatic carbocycles. The first-order valence-corrected chi connectivity index (χ1v) is 11.3. The van der Waals surface area contributed by atoms with Gasteiger partial charge in [0, 0.05) is 12.4 Å². The standard InChI is InChI=1S/C29H22N2O2/c32-28(24-13-5-7-15-30-24)26-20-11-3-1-9-18(20)22-17-23(26)19-10-2-4-12-21(19)27(22)29(33)25-14-6-8-16-31-25/h1-16,22-23,26-27H,17H2/t22-,23-,26-,27-/m0/s1. The van der Waals surface area contributed by atoms with Crippen molar-refractivity contribution in [3.8, 4) is 0 Å². The van der Waals surface area contributed by atoms with Gasteiger partial charge < -0.3 is 0 Å². The molecule has 0 amide bonds. The third-order valence-electron chi connectivity index (χ3n) is 7.17. The molecule has 160 valence electrons. The molecule has 2 heterocycles. The van der Waals surface area contributed by atoms with E-state index in [0.29, 0.717) is 11.4 Å². The minimum absolute atomic E-state index is 0.00314. The van der Waals surface area contributed by atoms with E-state index in [9.17, 15) is 9.59 Å². The van der Waals surface area contributed by atoms with E-state index >= 15 is 0 Å². The Morgan fingerprint density at radius 1 is 0.545 bits per heavy atom. The van der Waals surface area contributed by atoms with Crippen LogP contribution in [0.2, 0.25) is 0 Å². The van der Waals surface area contributed by atoms with Crippen LogP contribution < -0.4 is 0 Å². The monoisotopic (exact) mass is 430 g/mol. The van der Waals surface area contributed by atoms with Crippen molar-refractivity contribution in [3.63, 3.8) is 0 Å². The molecule has 0 fully saturated rings. The van der Waals surface area contributed by atoms with Crippen molar-refractivity contribution in [2.75, 3.05) is 0 Å². The number of aromatic nitrogens is 2. The first-order valence-electron chi connectivity index (χ1n) is 11.3. The van der Waals surface area contributed by atoms with Gasteiger partial charge in [0.05, 0.1) is 11.8 Å². The second-order valence-electron chi connectivity index (χ2n) is 8.82. The molecule has 0 radical (unpaired) electrons. The molecule has 33 heavy (non-hydrogen) atoms. The number of hydrogen-bond donors (Lipinski definition) is 0. The summed E-state index contributed by atoms with van der Waals surface area (Å²) in [7, 11) is 0. The molecule has 0 saturated carbocycles. The van der Waals surface area contributed by atoms with Gasteiger partial charge in [-0.3, -0.25) is 19.6 Å².